The molecule has 15 heavy (non-hydrogen) atoms. The maximum absolute atomic E-state index is 6.12. The Labute approximate surface area is 109 Å². The van der Waals surface area contributed by atoms with E-state index in [1.807, 2.05) is 6.07 Å². The van der Waals surface area contributed by atoms with E-state index in [0.717, 1.165) is 15.4 Å². The molecule has 0 unspecified atom stereocenters. The first-order chi connectivity index (χ1) is 7.15. The minimum atomic E-state index is 0.168. The Balaban J connectivity index is 2.57. The van der Waals surface area contributed by atoms with Gasteiger partial charge in [0.15, 0.2) is 0 Å². The van der Waals surface area contributed by atoms with Crippen LogP contribution >= 0.6 is 31.9 Å². The van der Waals surface area contributed by atoms with Crippen molar-refractivity contribution < 1.29 is 0 Å². The molecule has 0 fully saturated rings. The highest BCUT2D eigenvalue weighted by molar-refractivity contribution is 9.13. The van der Waals surface area contributed by atoms with Gasteiger partial charge in [0, 0.05) is 15.0 Å². The number of halogens is 2. The Hall–Kier alpha value is 0.140. The van der Waals surface area contributed by atoms with Crippen LogP contribution in [0.5, 0.6) is 0 Å². The normalized spacial score (nSPS) is 12.8. The fourth-order valence-electron chi connectivity index (χ4n) is 1.52. The summed E-state index contributed by atoms with van der Waals surface area (Å²) in [5.41, 5.74) is 7.33. The minimum Gasteiger partial charge on any atom is -0.324 e. The summed E-state index contributed by atoms with van der Waals surface area (Å²) in [7, 11) is 0. The van der Waals surface area contributed by atoms with Crippen molar-refractivity contribution in [1.29, 1.82) is 0 Å². The van der Waals surface area contributed by atoms with Gasteiger partial charge in [-0.2, -0.15) is 0 Å². The third kappa shape index (κ3) is 4.25. The molecule has 0 aliphatic carbocycles. The molecule has 0 saturated heterocycles. The second-order valence-electron chi connectivity index (χ2n) is 3.78. The molecular formula is C12H17Br2N. The highest BCUT2D eigenvalue weighted by Gasteiger charge is 2.07. The van der Waals surface area contributed by atoms with E-state index in [-0.39, 0.29) is 6.04 Å². The molecule has 0 heterocycles. The third-order valence-corrected chi connectivity index (χ3v) is 4.37. The molecule has 0 saturated carbocycles. The predicted molar refractivity (Wildman–Crippen MR) is 72.9 cm³/mol. The van der Waals surface area contributed by atoms with Crippen LogP contribution in [-0.2, 0) is 0 Å². The number of benzene rings is 1. The van der Waals surface area contributed by atoms with Crippen LogP contribution in [0, 0.1) is 0 Å². The Morgan fingerprint density at radius 1 is 1.20 bits per heavy atom. The Kier molecular flexibility index (Phi) is 5.87. The van der Waals surface area contributed by atoms with Crippen LogP contribution in [0.3, 0.4) is 0 Å². The van der Waals surface area contributed by atoms with Gasteiger partial charge in [-0.15, -0.1) is 0 Å². The lowest BCUT2D eigenvalue weighted by molar-refractivity contribution is 0.581. The maximum Gasteiger partial charge on any atom is 0.0320 e. The smallest absolute Gasteiger partial charge is 0.0320 e. The van der Waals surface area contributed by atoms with Crippen LogP contribution in [0.4, 0.5) is 0 Å². The number of unbranched alkanes of at least 4 members (excludes halogenated alkanes) is 2. The molecule has 1 nitrogen and oxygen atoms in total. The van der Waals surface area contributed by atoms with Crippen molar-refractivity contribution in [3.05, 3.63) is 32.7 Å². The SMILES string of the molecule is CCCCC[C@@H](N)c1ccc(Br)c(Br)c1. The van der Waals surface area contributed by atoms with Gasteiger partial charge in [0.25, 0.3) is 0 Å². The van der Waals surface area contributed by atoms with Gasteiger partial charge in [-0.05, 0) is 56.0 Å². The summed E-state index contributed by atoms with van der Waals surface area (Å²) in [5, 5.41) is 0. The number of hydrogen-bond donors (Lipinski definition) is 1. The molecule has 3 heteroatoms. The van der Waals surface area contributed by atoms with Gasteiger partial charge < -0.3 is 5.73 Å². The summed E-state index contributed by atoms with van der Waals surface area (Å²) in [4.78, 5) is 0. The van der Waals surface area contributed by atoms with Crippen LogP contribution < -0.4 is 5.73 Å². The molecule has 1 rings (SSSR count). The molecule has 0 aliphatic rings. The molecule has 1 atom stereocenters. The molecule has 0 radical (unpaired) electrons. The summed E-state index contributed by atoms with van der Waals surface area (Å²) in [5.74, 6) is 0. The van der Waals surface area contributed by atoms with Gasteiger partial charge in [-0.3, -0.25) is 0 Å². The summed E-state index contributed by atoms with van der Waals surface area (Å²) < 4.78 is 2.15. The van der Waals surface area contributed by atoms with Gasteiger partial charge in [0.2, 0.25) is 0 Å². The van der Waals surface area contributed by atoms with Crippen LogP contribution in [-0.4, -0.2) is 0 Å². The van der Waals surface area contributed by atoms with E-state index in [1.165, 1.54) is 24.8 Å². The van der Waals surface area contributed by atoms with E-state index in [4.69, 9.17) is 5.73 Å². The lowest BCUT2D eigenvalue weighted by atomic mass is 10.0. The zero-order chi connectivity index (χ0) is 11.3. The average Bonchev–Trinajstić information content (AvgIpc) is 2.22. The van der Waals surface area contributed by atoms with Gasteiger partial charge >= 0.3 is 0 Å². The van der Waals surface area contributed by atoms with Gasteiger partial charge in [0.05, 0.1) is 0 Å². The second kappa shape index (κ2) is 6.66. The number of hydrogen-bond acceptors (Lipinski definition) is 1. The van der Waals surface area contributed by atoms with Gasteiger partial charge in [-0.25, -0.2) is 0 Å². The summed E-state index contributed by atoms with van der Waals surface area (Å²) >= 11 is 6.95. The largest absolute Gasteiger partial charge is 0.324 e. The van der Waals surface area contributed by atoms with Crippen LogP contribution in [0.2, 0.25) is 0 Å². The molecule has 0 bridgehead atoms. The topological polar surface area (TPSA) is 26.0 Å². The number of nitrogens with two attached hydrogens (primary N) is 1. The standard InChI is InChI=1S/C12H17Br2N/c1-2-3-4-5-12(15)9-6-7-10(13)11(14)8-9/h6-8,12H,2-5,15H2,1H3/t12-/m1/s1. The monoisotopic (exact) mass is 333 g/mol. The average molecular weight is 335 g/mol. The van der Waals surface area contributed by atoms with Crippen molar-refractivity contribution in [1.82, 2.24) is 0 Å². The van der Waals surface area contributed by atoms with Crippen LogP contribution in [0.1, 0.15) is 44.2 Å². The molecule has 2 N–H and O–H groups in total. The molecule has 0 amide bonds. The zero-order valence-corrected chi connectivity index (χ0v) is 12.1. The van der Waals surface area contributed by atoms with Crippen molar-refractivity contribution in [2.75, 3.05) is 0 Å². The van der Waals surface area contributed by atoms with Crippen molar-refractivity contribution in [2.24, 2.45) is 5.73 Å². The first kappa shape index (κ1) is 13.2. The lowest BCUT2D eigenvalue weighted by Gasteiger charge is -2.12. The Bertz CT molecular complexity index is 312. The molecule has 1 aromatic carbocycles. The predicted octanol–water partition coefficient (Wildman–Crippen LogP) is 4.79. The zero-order valence-electron chi connectivity index (χ0n) is 8.97. The number of rotatable bonds is 5. The van der Waals surface area contributed by atoms with E-state index in [9.17, 15) is 0 Å². The first-order valence-electron chi connectivity index (χ1n) is 5.35. The summed E-state index contributed by atoms with van der Waals surface area (Å²) in [6, 6.07) is 6.39. The molecule has 84 valence electrons. The van der Waals surface area contributed by atoms with Crippen molar-refractivity contribution in [3.63, 3.8) is 0 Å². The van der Waals surface area contributed by atoms with Crippen molar-refractivity contribution in [2.45, 2.75) is 38.6 Å². The van der Waals surface area contributed by atoms with E-state index in [1.54, 1.807) is 0 Å². The third-order valence-electron chi connectivity index (χ3n) is 2.49. The summed E-state index contributed by atoms with van der Waals surface area (Å²) in [6.07, 6.45) is 4.80. The highest BCUT2D eigenvalue weighted by Crippen LogP contribution is 2.27. The van der Waals surface area contributed by atoms with E-state index in [0.29, 0.717) is 0 Å². The van der Waals surface area contributed by atoms with Gasteiger partial charge in [0.1, 0.15) is 0 Å². The van der Waals surface area contributed by atoms with Gasteiger partial charge in [-0.1, -0.05) is 32.3 Å². The van der Waals surface area contributed by atoms with Crippen molar-refractivity contribution in [3.8, 4) is 0 Å². The van der Waals surface area contributed by atoms with E-state index < -0.39 is 0 Å². The first-order valence-corrected chi connectivity index (χ1v) is 6.94. The van der Waals surface area contributed by atoms with E-state index >= 15 is 0 Å². The fraction of sp³-hybridized carbons (Fsp3) is 0.500. The van der Waals surface area contributed by atoms with Crippen LogP contribution in [0.15, 0.2) is 27.1 Å². The summed E-state index contributed by atoms with van der Waals surface area (Å²) in [6.45, 7) is 2.21. The second-order valence-corrected chi connectivity index (χ2v) is 5.48. The minimum absolute atomic E-state index is 0.168. The lowest BCUT2D eigenvalue weighted by Crippen LogP contribution is -2.09. The molecule has 1 aromatic rings. The maximum atomic E-state index is 6.12. The van der Waals surface area contributed by atoms with Crippen molar-refractivity contribution >= 4 is 31.9 Å². The molecule has 0 aromatic heterocycles. The Morgan fingerprint density at radius 3 is 2.53 bits per heavy atom. The molecular weight excluding hydrogens is 318 g/mol. The molecule has 0 spiro atoms. The molecule has 0 aliphatic heterocycles. The van der Waals surface area contributed by atoms with Crippen LogP contribution in [0.25, 0.3) is 0 Å². The highest BCUT2D eigenvalue weighted by atomic mass is 79.9. The Morgan fingerprint density at radius 2 is 1.93 bits per heavy atom. The fourth-order valence-corrected chi connectivity index (χ4v) is 2.17. The quantitative estimate of drug-likeness (QED) is 0.769. The van der Waals surface area contributed by atoms with E-state index in [2.05, 4.69) is 50.9 Å².